The first-order valence-corrected chi connectivity index (χ1v) is 6.63. The van der Waals surface area contributed by atoms with Gasteiger partial charge in [0.2, 0.25) is 0 Å². The van der Waals surface area contributed by atoms with Gasteiger partial charge in [0.25, 0.3) is 0 Å². The van der Waals surface area contributed by atoms with Crippen molar-refractivity contribution >= 4 is 5.57 Å². The van der Waals surface area contributed by atoms with Crippen LogP contribution in [0.1, 0.15) is 22.3 Å². The van der Waals surface area contributed by atoms with Crippen LogP contribution in [0.4, 0.5) is 26.3 Å². The van der Waals surface area contributed by atoms with Gasteiger partial charge >= 0.3 is 12.4 Å². The Kier molecular flexibility index (Phi) is 4.74. The Morgan fingerprint density at radius 3 is 1.54 bits per heavy atom. The Balaban J connectivity index is 2.14. The molecule has 0 heterocycles. The smallest absolute Gasteiger partial charge is 0.166 e. The number of hydrogen-bond donors (Lipinski definition) is 0. The quantitative estimate of drug-likeness (QED) is 0.455. The van der Waals surface area contributed by atoms with Gasteiger partial charge in [0.05, 0.1) is 11.1 Å². The van der Waals surface area contributed by atoms with Gasteiger partial charge in [-0.15, -0.1) is 0 Å². The minimum absolute atomic E-state index is 0.267. The Morgan fingerprint density at radius 2 is 1.12 bits per heavy atom. The highest BCUT2D eigenvalue weighted by molar-refractivity contribution is 5.77. The molecule has 124 valence electrons. The Morgan fingerprint density at radius 1 is 0.708 bits per heavy atom. The second-order valence-corrected chi connectivity index (χ2v) is 4.88. The highest BCUT2D eigenvalue weighted by atomic mass is 19.4. The zero-order chi connectivity index (χ0) is 18.0. The van der Waals surface area contributed by atoms with Gasteiger partial charge < -0.3 is 0 Å². The van der Waals surface area contributed by atoms with Gasteiger partial charge in [-0.1, -0.05) is 30.6 Å². The highest BCUT2D eigenvalue weighted by Crippen LogP contribution is 2.30. The lowest BCUT2D eigenvalue weighted by Crippen LogP contribution is -2.04. The third-order valence-electron chi connectivity index (χ3n) is 3.13. The zero-order valence-electron chi connectivity index (χ0n) is 12.1. The molecule has 0 aliphatic heterocycles. The first-order valence-electron chi connectivity index (χ1n) is 6.63. The van der Waals surface area contributed by atoms with E-state index in [0.717, 1.165) is 24.3 Å². The largest absolute Gasteiger partial charge is 0.416 e. The van der Waals surface area contributed by atoms with Crippen molar-refractivity contribution in [2.45, 2.75) is 12.4 Å². The van der Waals surface area contributed by atoms with Gasteiger partial charge in [0.15, 0.2) is 0 Å². The number of benzene rings is 2. The zero-order valence-corrected chi connectivity index (χ0v) is 12.1. The molecule has 0 saturated carbocycles. The molecule has 0 N–H and O–H groups in total. The molecule has 0 aliphatic carbocycles. The van der Waals surface area contributed by atoms with E-state index in [1.165, 1.54) is 24.3 Å². The molecular weight excluding hydrogens is 330 g/mol. The molecule has 0 amide bonds. The molecule has 0 unspecified atom stereocenters. The molecule has 0 saturated heterocycles. The van der Waals surface area contributed by atoms with Gasteiger partial charge in [0.1, 0.15) is 0 Å². The molecule has 24 heavy (non-hydrogen) atoms. The minimum Gasteiger partial charge on any atom is -0.166 e. The molecule has 2 rings (SSSR count). The molecule has 6 heteroatoms. The van der Waals surface area contributed by atoms with Crippen LogP contribution in [0.2, 0.25) is 0 Å². The van der Waals surface area contributed by atoms with E-state index in [4.69, 9.17) is 0 Å². The summed E-state index contributed by atoms with van der Waals surface area (Å²) in [5.74, 6) is 5.25. The summed E-state index contributed by atoms with van der Waals surface area (Å²) in [4.78, 5) is 0. The van der Waals surface area contributed by atoms with E-state index in [-0.39, 0.29) is 5.57 Å². The lowest BCUT2D eigenvalue weighted by atomic mass is 10.0. The number of allylic oxidation sites excluding steroid dienone is 1. The molecule has 0 atom stereocenters. The average molecular weight is 340 g/mol. The number of alkyl halides is 6. The third kappa shape index (κ3) is 4.42. The number of hydrogen-bond acceptors (Lipinski definition) is 0. The van der Waals surface area contributed by atoms with Gasteiger partial charge in [-0.2, -0.15) is 26.3 Å². The average Bonchev–Trinajstić information content (AvgIpc) is 2.51. The summed E-state index contributed by atoms with van der Waals surface area (Å²) in [5.41, 5.74) is -0.550. The second kappa shape index (κ2) is 6.44. The predicted octanol–water partition coefficient (Wildman–Crippen LogP) is 5.79. The summed E-state index contributed by atoms with van der Waals surface area (Å²) in [6.07, 6.45) is -8.85. The van der Waals surface area contributed by atoms with Crippen LogP contribution in [-0.4, -0.2) is 0 Å². The molecule has 0 spiro atoms. The summed E-state index contributed by atoms with van der Waals surface area (Å²) in [6.45, 7) is 3.65. The summed E-state index contributed by atoms with van der Waals surface area (Å²) in [6, 6.07) is 8.57. The molecule has 2 aromatic carbocycles. The number of halogens is 6. The van der Waals surface area contributed by atoms with Crippen LogP contribution in [0.25, 0.3) is 5.57 Å². The topological polar surface area (TPSA) is 0 Å². The van der Waals surface area contributed by atoms with Crippen molar-refractivity contribution in [3.8, 4) is 11.8 Å². The van der Waals surface area contributed by atoms with E-state index < -0.39 is 23.5 Å². The van der Waals surface area contributed by atoms with Crippen molar-refractivity contribution in [1.82, 2.24) is 0 Å². The highest BCUT2D eigenvalue weighted by Gasteiger charge is 2.30. The summed E-state index contributed by atoms with van der Waals surface area (Å²) in [7, 11) is 0. The van der Waals surface area contributed by atoms with Crippen LogP contribution in [0.5, 0.6) is 0 Å². The van der Waals surface area contributed by atoms with Crippen LogP contribution < -0.4 is 0 Å². The summed E-state index contributed by atoms with van der Waals surface area (Å²) >= 11 is 0. The molecule has 0 aliphatic rings. The van der Waals surface area contributed by atoms with Crippen molar-refractivity contribution in [2.75, 3.05) is 0 Å². The lowest BCUT2D eigenvalue weighted by molar-refractivity contribution is -0.138. The van der Waals surface area contributed by atoms with E-state index in [1.54, 1.807) is 0 Å². The van der Waals surface area contributed by atoms with Crippen molar-refractivity contribution in [3.05, 3.63) is 77.4 Å². The monoisotopic (exact) mass is 340 g/mol. The molecule has 0 nitrogen and oxygen atoms in total. The van der Waals surface area contributed by atoms with Crippen molar-refractivity contribution < 1.29 is 26.3 Å². The van der Waals surface area contributed by atoms with Crippen LogP contribution in [0, 0.1) is 11.8 Å². The van der Waals surface area contributed by atoms with Gasteiger partial charge in [-0.3, -0.25) is 0 Å². The molecule has 2 aromatic rings. The molecule has 0 fully saturated rings. The fraction of sp³-hybridized carbons (Fsp3) is 0.111. The summed E-state index contributed by atoms with van der Waals surface area (Å²) < 4.78 is 74.8. The fourth-order valence-electron chi connectivity index (χ4n) is 1.82. The summed E-state index contributed by atoms with van der Waals surface area (Å²) in [5, 5.41) is 0. The van der Waals surface area contributed by atoms with Gasteiger partial charge in [0, 0.05) is 11.1 Å². The van der Waals surface area contributed by atoms with E-state index in [0.29, 0.717) is 11.1 Å². The van der Waals surface area contributed by atoms with E-state index >= 15 is 0 Å². The Hall–Kier alpha value is -2.68. The standard InChI is InChI=1S/C18H10F6/c1-12(14-6-10-16(11-7-14)18(22,23)24)2-3-13-4-8-15(9-5-13)17(19,20)21/h4-11H,1H2. The van der Waals surface area contributed by atoms with Crippen molar-refractivity contribution in [3.63, 3.8) is 0 Å². The van der Waals surface area contributed by atoms with Crippen LogP contribution in [0.15, 0.2) is 55.1 Å². The van der Waals surface area contributed by atoms with Crippen molar-refractivity contribution in [2.24, 2.45) is 0 Å². The first-order chi connectivity index (χ1) is 11.1. The minimum atomic E-state index is -4.42. The first kappa shape index (κ1) is 17.7. The molecular formula is C18H10F6. The Labute approximate surface area is 134 Å². The van der Waals surface area contributed by atoms with Crippen LogP contribution >= 0.6 is 0 Å². The SMILES string of the molecule is C=C(C#Cc1ccc(C(F)(F)F)cc1)c1ccc(C(F)(F)F)cc1. The van der Waals surface area contributed by atoms with Crippen LogP contribution in [0.3, 0.4) is 0 Å². The van der Waals surface area contributed by atoms with Gasteiger partial charge in [-0.05, 0) is 42.0 Å². The van der Waals surface area contributed by atoms with Crippen LogP contribution in [-0.2, 0) is 12.4 Å². The fourth-order valence-corrected chi connectivity index (χ4v) is 1.82. The molecule has 0 aromatic heterocycles. The normalized spacial score (nSPS) is 11.6. The lowest BCUT2D eigenvalue weighted by Gasteiger charge is -2.07. The maximum atomic E-state index is 12.5. The second-order valence-electron chi connectivity index (χ2n) is 4.88. The van der Waals surface area contributed by atoms with E-state index in [2.05, 4.69) is 18.4 Å². The third-order valence-corrected chi connectivity index (χ3v) is 3.13. The van der Waals surface area contributed by atoms with E-state index in [1.807, 2.05) is 0 Å². The Bertz CT molecular complexity index is 781. The van der Waals surface area contributed by atoms with E-state index in [9.17, 15) is 26.3 Å². The predicted molar refractivity (Wildman–Crippen MR) is 78.8 cm³/mol. The molecule has 0 radical (unpaired) electrons. The number of rotatable bonds is 1. The molecule has 0 bridgehead atoms. The maximum absolute atomic E-state index is 12.5. The maximum Gasteiger partial charge on any atom is 0.416 e. The van der Waals surface area contributed by atoms with Crippen molar-refractivity contribution in [1.29, 1.82) is 0 Å². The van der Waals surface area contributed by atoms with Gasteiger partial charge in [-0.25, -0.2) is 0 Å².